The van der Waals surface area contributed by atoms with Crippen molar-refractivity contribution in [3.05, 3.63) is 53.9 Å². The second kappa shape index (κ2) is 7.82. The topological polar surface area (TPSA) is 96.3 Å². The molecular formula is C15H18N4O3. The number of urea groups is 1. The Hall–Kier alpha value is -2.83. The second-order valence-corrected chi connectivity index (χ2v) is 4.74. The Kier molecular flexibility index (Phi) is 5.53. The summed E-state index contributed by atoms with van der Waals surface area (Å²) in [6.07, 6.45) is 1.76. The molecule has 0 saturated carbocycles. The Morgan fingerprint density at radius 1 is 1.14 bits per heavy atom. The van der Waals surface area contributed by atoms with Crippen molar-refractivity contribution in [3.63, 3.8) is 0 Å². The molecule has 7 nitrogen and oxygen atoms in total. The van der Waals surface area contributed by atoms with Gasteiger partial charge in [-0.25, -0.2) is 4.79 Å². The molecule has 0 aliphatic rings. The van der Waals surface area contributed by atoms with Crippen LogP contribution in [-0.4, -0.2) is 33.4 Å². The van der Waals surface area contributed by atoms with Gasteiger partial charge in [0.1, 0.15) is 0 Å². The quantitative estimate of drug-likeness (QED) is 0.716. The van der Waals surface area contributed by atoms with E-state index in [0.29, 0.717) is 13.1 Å². The van der Waals surface area contributed by atoms with Crippen LogP contribution in [-0.2, 0) is 17.9 Å². The van der Waals surface area contributed by atoms with Gasteiger partial charge in [0.15, 0.2) is 0 Å². The van der Waals surface area contributed by atoms with Gasteiger partial charge in [0.2, 0.25) is 0 Å². The van der Waals surface area contributed by atoms with Crippen molar-refractivity contribution in [2.45, 2.75) is 19.5 Å². The lowest BCUT2D eigenvalue weighted by Gasteiger charge is -2.05. The zero-order valence-corrected chi connectivity index (χ0v) is 12.0. The van der Waals surface area contributed by atoms with Crippen LogP contribution in [0.2, 0.25) is 0 Å². The van der Waals surface area contributed by atoms with Gasteiger partial charge in [-0.05, 0) is 11.6 Å². The number of aliphatic carboxylic acids is 1. The van der Waals surface area contributed by atoms with Crippen LogP contribution in [0.15, 0.2) is 42.6 Å². The molecule has 7 heteroatoms. The number of aromatic nitrogens is 2. The number of nitrogens with zero attached hydrogens (tertiary/aromatic N) is 2. The Morgan fingerprint density at radius 2 is 1.91 bits per heavy atom. The minimum Gasteiger partial charge on any atom is -0.481 e. The number of carbonyl (C=O) groups is 2. The van der Waals surface area contributed by atoms with Gasteiger partial charge in [-0.1, -0.05) is 30.3 Å². The summed E-state index contributed by atoms with van der Waals surface area (Å²) in [6, 6.07) is 11.4. The van der Waals surface area contributed by atoms with Crippen LogP contribution in [0.5, 0.6) is 0 Å². The minimum atomic E-state index is -0.944. The van der Waals surface area contributed by atoms with Crippen LogP contribution in [0.1, 0.15) is 17.7 Å². The summed E-state index contributed by atoms with van der Waals surface area (Å²) in [4.78, 5) is 21.8. The SMILES string of the molecule is O=C(O)CCNC(=O)NCc1ccn(Cc2ccccc2)n1. The van der Waals surface area contributed by atoms with E-state index >= 15 is 0 Å². The van der Waals surface area contributed by atoms with Gasteiger partial charge in [-0.15, -0.1) is 0 Å². The van der Waals surface area contributed by atoms with E-state index in [1.807, 2.05) is 42.6 Å². The third-order valence-electron chi connectivity index (χ3n) is 2.94. The number of carboxylic acid groups (broad SMARTS) is 1. The van der Waals surface area contributed by atoms with E-state index in [1.54, 1.807) is 4.68 Å². The maximum Gasteiger partial charge on any atom is 0.315 e. The molecule has 0 unspecified atom stereocenters. The van der Waals surface area contributed by atoms with E-state index in [2.05, 4.69) is 15.7 Å². The van der Waals surface area contributed by atoms with Crippen LogP contribution in [0.3, 0.4) is 0 Å². The number of amides is 2. The molecule has 0 saturated heterocycles. The first kappa shape index (κ1) is 15.6. The number of rotatable bonds is 7. The normalized spacial score (nSPS) is 10.2. The second-order valence-electron chi connectivity index (χ2n) is 4.74. The monoisotopic (exact) mass is 302 g/mol. The smallest absolute Gasteiger partial charge is 0.315 e. The number of hydrogen-bond donors (Lipinski definition) is 3. The summed E-state index contributed by atoms with van der Waals surface area (Å²) < 4.78 is 1.80. The van der Waals surface area contributed by atoms with Crippen LogP contribution < -0.4 is 10.6 Å². The predicted molar refractivity (Wildman–Crippen MR) is 80.3 cm³/mol. The van der Waals surface area contributed by atoms with E-state index in [9.17, 15) is 9.59 Å². The minimum absolute atomic E-state index is 0.0981. The predicted octanol–water partition coefficient (Wildman–Crippen LogP) is 1.21. The van der Waals surface area contributed by atoms with Gasteiger partial charge < -0.3 is 15.7 Å². The van der Waals surface area contributed by atoms with Crippen molar-refractivity contribution in [1.82, 2.24) is 20.4 Å². The molecule has 2 rings (SSSR count). The molecule has 2 amide bonds. The maximum absolute atomic E-state index is 11.4. The Bertz CT molecular complexity index is 625. The fourth-order valence-corrected chi connectivity index (χ4v) is 1.87. The summed E-state index contributed by atoms with van der Waals surface area (Å²) in [7, 11) is 0. The summed E-state index contributed by atoms with van der Waals surface area (Å²) in [5.41, 5.74) is 1.89. The molecule has 1 aromatic carbocycles. The lowest BCUT2D eigenvalue weighted by atomic mass is 10.2. The fourth-order valence-electron chi connectivity index (χ4n) is 1.87. The number of carbonyl (C=O) groups excluding carboxylic acids is 1. The largest absolute Gasteiger partial charge is 0.481 e. The first-order chi connectivity index (χ1) is 10.6. The van der Waals surface area contributed by atoms with Gasteiger partial charge in [0.25, 0.3) is 0 Å². The van der Waals surface area contributed by atoms with Crippen molar-refractivity contribution >= 4 is 12.0 Å². The maximum atomic E-state index is 11.4. The van der Waals surface area contributed by atoms with Crippen molar-refractivity contribution in [3.8, 4) is 0 Å². The number of benzene rings is 1. The molecule has 2 aromatic rings. The standard InChI is InChI=1S/C15H18N4O3/c20-14(21)6-8-16-15(22)17-10-13-7-9-19(18-13)11-12-4-2-1-3-5-12/h1-5,7,9H,6,8,10-11H2,(H,20,21)(H2,16,17,22). The molecule has 3 N–H and O–H groups in total. The van der Waals surface area contributed by atoms with Crippen molar-refractivity contribution in [2.75, 3.05) is 6.54 Å². The Morgan fingerprint density at radius 3 is 2.64 bits per heavy atom. The first-order valence-electron chi connectivity index (χ1n) is 6.93. The van der Waals surface area contributed by atoms with Crippen molar-refractivity contribution in [2.24, 2.45) is 0 Å². The number of hydrogen-bond acceptors (Lipinski definition) is 3. The molecule has 0 bridgehead atoms. The highest BCUT2D eigenvalue weighted by Crippen LogP contribution is 2.03. The molecule has 1 aromatic heterocycles. The third kappa shape index (κ3) is 5.28. The molecule has 0 spiro atoms. The highest BCUT2D eigenvalue weighted by Gasteiger charge is 2.04. The Labute approximate surface area is 128 Å². The van der Waals surface area contributed by atoms with E-state index in [4.69, 9.17) is 5.11 Å². The Balaban J connectivity index is 1.75. The van der Waals surface area contributed by atoms with Crippen LogP contribution in [0.25, 0.3) is 0 Å². The average molecular weight is 302 g/mol. The molecule has 1 heterocycles. The van der Waals surface area contributed by atoms with Crippen LogP contribution in [0, 0.1) is 0 Å². The summed E-state index contributed by atoms with van der Waals surface area (Å²) in [5, 5.41) is 17.9. The number of carboxylic acids is 1. The van der Waals surface area contributed by atoms with Gasteiger partial charge >= 0.3 is 12.0 Å². The molecular weight excluding hydrogens is 284 g/mol. The lowest BCUT2D eigenvalue weighted by Crippen LogP contribution is -2.36. The zero-order valence-electron chi connectivity index (χ0n) is 12.0. The van der Waals surface area contributed by atoms with Gasteiger partial charge in [-0.3, -0.25) is 9.48 Å². The summed E-state index contributed by atoms with van der Waals surface area (Å²) >= 11 is 0. The fraction of sp³-hybridized carbons (Fsp3) is 0.267. The van der Waals surface area contributed by atoms with E-state index in [0.717, 1.165) is 11.3 Å². The molecule has 0 aliphatic heterocycles. The van der Waals surface area contributed by atoms with E-state index in [1.165, 1.54) is 0 Å². The zero-order chi connectivity index (χ0) is 15.8. The van der Waals surface area contributed by atoms with Crippen molar-refractivity contribution in [1.29, 1.82) is 0 Å². The average Bonchev–Trinajstić information content (AvgIpc) is 2.93. The molecule has 0 radical (unpaired) electrons. The van der Waals surface area contributed by atoms with E-state index < -0.39 is 12.0 Å². The van der Waals surface area contributed by atoms with Crippen molar-refractivity contribution < 1.29 is 14.7 Å². The van der Waals surface area contributed by atoms with Crippen LogP contribution in [0.4, 0.5) is 4.79 Å². The highest BCUT2D eigenvalue weighted by atomic mass is 16.4. The molecule has 0 atom stereocenters. The molecule has 0 aliphatic carbocycles. The lowest BCUT2D eigenvalue weighted by molar-refractivity contribution is -0.136. The molecule has 116 valence electrons. The highest BCUT2D eigenvalue weighted by molar-refractivity contribution is 5.74. The van der Waals surface area contributed by atoms with E-state index in [-0.39, 0.29) is 13.0 Å². The summed E-state index contributed by atoms with van der Waals surface area (Å²) in [5.74, 6) is -0.944. The van der Waals surface area contributed by atoms with Gasteiger partial charge in [0, 0.05) is 12.7 Å². The third-order valence-corrected chi connectivity index (χ3v) is 2.94. The number of nitrogens with one attached hydrogen (secondary N) is 2. The van der Waals surface area contributed by atoms with Crippen LogP contribution >= 0.6 is 0 Å². The van der Waals surface area contributed by atoms with Gasteiger partial charge in [0.05, 0.1) is 25.2 Å². The van der Waals surface area contributed by atoms with Gasteiger partial charge in [-0.2, -0.15) is 5.10 Å². The summed E-state index contributed by atoms with van der Waals surface area (Å²) in [6.45, 7) is 1.07. The molecule has 22 heavy (non-hydrogen) atoms. The first-order valence-corrected chi connectivity index (χ1v) is 6.93. The molecule has 0 fully saturated rings.